The SMILES string of the molecule is COc1ccc2c(C(=O)c3cc(OC)c(OC)c(OC)c3)ccn2c1. The fourth-order valence-corrected chi connectivity index (χ4v) is 2.77. The standard InChI is InChI=1S/C19H19NO5/c1-22-13-5-6-15-14(7-8-20(15)11-13)18(21)12-9-16(23-2)19(25-4)17(10-12)24-3/h5-11H,1-4H3. The summed E-state index contributed by atoms with van der Waals surface area (Å²) in [5, 5.41) is 0. The van der Waals surface area contributed by atoms with Crippen molar-refractivity contribution in [2.24, 2.45) is 0 Å². The van der Waals surface area contributed by atoms with E-state index in [2.05, 4.69) is 0 Å². The van der Waals surface area contributed by atoms with E-state index < -0.39 is 0 Å². The van der Waals surface area contributed by atoms with Crippen LogP contribution < -0.4 is 18.9 Å². The van der Waals surface area contributed by atoms with Gasteiger partial charge in [-0.2, -0.15) is 0 Å². The molecule has 0 N–H and O–H groups in total. The molecule has 0 aliphatic heterocycles. The van der Waals surface area contributed by atoms with Crippen LogP contribution in [0.3, 0.4) is 0 Å². The monoisotopic (exact) mass is 341 g/mol. The first-order valence-corrected chi connectivity index (χ1v) is 7.62. The average molecular weight is 341 g/mol. The van der Waals surface area contributed by atoms with Crippen LogP contribution in [0.4, 0.5) is 0 Å². The Kier molecular flexibility index (Phi) is 4.52. The minimum absolute atomic E-state index is 0.132. The first-order valence-electron chi connectivity index (χ1n) is 7.62. The number of rotatable bonds is 6. The molecule has 1 aromatic carbocycles. The van der Waals surface area contributed by atoms with Crippen LogP contribution in [0.1, 0.15) is 15.9 Å². The van der Waals surface area contributed by atoms with E-state index in [-0.39, 0.29) is 5.78 Å². The number of hydrogen-bond donors (Lipinski definition) is 0. The summed E-state index contributed by atoms with van der Waals surface area (Å²) in [5.41, 5.74) is 1.83. The van der Waals surface area contributed by atoms with Gasteiger partial charge in [0, 0.05) is 17.3 Å². The molecule has 0 atom stereocenters. The van der Waals surface area contributed by atoms with Gasteiger partial charge in [-0.15, -0.1) is 0 Å². The molecule has 6 nitrogen and oxygen atoms in total. The second-order valence-corrected chi connectivity index (χ2v) is 5.33. The molecule has 0 unspecified atom stereocenters. The van der Waals surface area contributed by atoms with Crippen molar-refractivity contribution < 1.29 is 23.7 Å². The lowest BCUT2D eigenvalue weighted by Gasteiger charge is -2.13. The number of carbonyl (C=O) groups excluding carboxylic acids is 1. The number of aromatic nitrogens is 1. The van der Waals surface area contributed by atoms with Crippen LogP contribution in [0.25, 0.3) is 5.52 Å². The van der Waals surface area contributed by atoms with Gasteiger partial charge in [0.2, 0.25) is 5.75 Å². The van der Waals surface area contributed by atoms with Gasteiger partial charge in [-0.25, -0.2) is 0 Å². The van der Waals surface area contributed by atoms with E-state index in [4.69, 9.17) is 18.9 Å². The Labute approximate surface area is 145 Å². The molecule has 0 amide bonds. The van der Waals surface area contributed by atoms with Crippen molar-refractivity contribution in [1.29, 1.82) is 0 Å². The van der Waals surface area contributed by atoms with Gasteiger partial charge in [-0.1, -0.05) is 0 Å². The second-order valence-electron chi connectivity index (χ2n) is 5.33. The Hall–Kier alpha value is -3.15. The van der Waals surface area contributed by atoms with Gasteiger partial charge in [-0.3, -0.25) is 4.79 Å². The van der Waals surface area contributed by atoms with Gasteiger partial charge in [0.15, 0.2) is 17.3 Å². The lowest BCUT2D eigenvalue weighted by Crippen LogP contribution is -2.04. The second kappa shape index (κ2) is 6.76. The number of benzene rings is 1. The molecule has 3 aromatic rings. The maximum Gasteiger partial charge on any atom is 0.203 e. The molecule has 0 saturated carbocycles. The smallest absolute Gasteiger partial charge is 0.203 e. The van der Waals surface area contributed by atoms with Gasteiger partial charge in [0.1, 0.15) is 5.75 Å². The highest BCUT2D eigenvalue weighted by atomic mass is 16.5. The fraction of sp³-hybridized carbons (Fsp3) is 0.211. The van der Waals surface area contributed by atoms with Crippen molar-refractivity contribution in [2.45, 2.75) is 0 Å². The maximum absolute atomic E-state index is 13.0. The van der Waals surface area contributed by atoms with Crippen LogP contribution in [0.2, 0.25) is 0 Å². The number of fused-ring (bicyclic) bond motifs is 1. The maximum atomic E-state index is 13.0. The van der Waals surface area contributed by atoms with Crippen LogP contribution in [0.5, 0.6) is 23.0 Å². The summed E-state index contributed by atoms with van der Waals surface area (Å²) < 4.78 is 23.0. The van der Waals surface area contributed by atoms with Crippen molar-refractivity contribution in [1.82, 2.24) is 4.40 Å². The molecule has 0 fully saturated rings. The fourth-order valence-electron chi connectivity index (χ4n) is 2.77. The zero-order valence-electron chi connectivity index (χ0n) is 14.5. The minimum Gasteiger partial charge on any atom is -0.495 e. The summed E-state index contributed by atoms with van der Waals surface area (Å²) in [6.07, 6.45) is 3.64. The molecular weight excluding hydrogens is 322 g/mol. The van der Waals surface area contributed by atoms with Gasteiger partial charge >= 0.3 is 0 Å². The predicted octanol–water partition coefficient (Wildman–Crippen LogP) is 3.20. The molecule has 6 heteroatoms. The van der Waals surface area contributed by atoms with Crippen molar-refractivity contribution in [2.75, 3.05) is 28.4 Å². The predicted molar refractivity (Wildman–Crippen MR) is 93.5 cm³/mol. The molecular formula is C19H19NO5. The third-order valence-corrected chi connectivity index (χ3v) is 4.03. The van der Waals surface area contributed by atoms with E-state index >= 15 is 0 Å². The zero-order chi connectivity index (χ0) is 18.0. The molecule has 2 aromatic heterocycles. The lowest BCUT2D eigenvalue weighted by molar-refractivity contribution is 0.103. The molecule has 25 heavy (non-hydrogen) atoms. The van der Waals surface area contributed by atoms with Crippen molar-refractivity contribution in [3.8, 4) is 23.0 Å². The van der Waals surface area contributed by atoms with Gasteiger partial charge in [0.05, 0.1) is 40.2 Å². The summed E-state index contributed by atoms with van der Waals surface area (Å²) in [6.45, 7) is 0. The van der Waals surface area contributed by atoms with E-state index in [0.29, 0.717) is 28.4 Å². The third-order valence-electron chi connectivity index (χ3n) is 4.03. The van der Waals surface area contributed by atoms with Gasteiger partial charge in [0.25, 0.3) is 0 Å². The first-order chi connectivity index (χ1) is 12.1. The van der Waals surface area contributed by atoms with E-state index in [1.807, 2.05) is 28.9 Å². The van der Waals surface area contributed by atoms with Crippen molar-refractivity contribution >= 4 is 11.3 Å². The third kappa shape index (κ3) is 2.87. The topological polar surface area (TPSA) is 58.4 Å². The number of hydrogen-bond acceptors (Lipinski definition) is 5. The summed E-state index contributed by atoms with van der Waals surface area (Å²) in [4.78, 5) is 13.0. The molecule has 130 valence electrons. The summed E-state index contributed by atoms with van der Waals surface area (Å²) in [5.74, 6) is 1.92. The quantitative estimate of drug-likeness (QED) is 0.645. The molecule has 0 spiro atoms. The lowest BCUT2D eigenvalue weighted by atomic mass is 10.0. The van der Waals surface area contributed by atoms with Crippen molar-refractivity contribution in [3.63, 3.8) is 0 Å². The number of methoxy groups -OCH3 is 4. The van der Waals surface area contributed by atoms with Crippen molar-refractivity contribution in [3.05, 3.63) is 53.9 Å². The molecule has 0 aliphatic rings. The van der Waals surface area contributed by atoms with Crippen LogP contribution >= 0.6 is 0 Å². The number of nitrogens with zero attached hydrogens (tertiary/aromatic N) is 1. The number of carbonyl (C=O) groups is 1. The number of ether oxygens (including phenoxy) is 4. The van der Waals surface area contributed by atoms with Gasteiger partial charge in [-0.05, 0) is 30.3 Å². The van der Waals surface area contributed by atoms with Crippen LogP contribution in [-0.2, 0) is 0 Å². The minimum atomic E-state index is -0.132. The van der Waals surface area contributed by atoms with E-state index in [1.165, 1.54) is 21.3 Å². The molecule has 0 radical (unpaired) electrons. The highest BCUT2D eigenvalue weighted by molar-refractivity contribution is 6.13. The Balaban J connectivity index is 2.09. The summed E-state index contributed by atoms with van der Waals surface area (Å²) in [7, 11) is 6.17. The van der Waals surface area contributed by atoms with Crippen LogP contribution in [0.15, 0.2) is 42.7 Å². The Morgan fingerprint density at radius 2 is 1.56 bits per heavy atom. The largest absolute Gasteiger partial charge is 0.495 e. The number of ketones is 1. The van der Waals surface area contributed by atoms with E-state index in [1.54, 1.807) is 25.3 Å². The molecule has 3 rings (SSSR count). The number of pyridine rings is 1. The van der Waals surface area contributed by atoms with Gasteiger partial charge < -0.3 is 23.3 Å². The van der Waals surface area contributed by atoms with Crippen LogP contribution in [0, 0.1) is 0 Å². The highest BCUT2D eigenvalue weighted by Gasteiger charge is 2.20. The Morgan fingerprint density at radius 1 is 0.880 bits per heavy atom. The summed E-state index contributed by atoms with van der Waals surface area (Å²) >= 11 is 0. The average Bonchev–Trinajstić information content (AvgIpc) is 3.08. The van der Waals surface area contributed by atoms with E-state index in [9.17, 15) is 4.79 Å². The highest BCUT2D eigenvalue weighted by Crippen LogP contribution is 2.39. The molecule has 0 bridgehead atoms. The van der Waals surface area contributed by atoms with Crippen LogP contribution in [-0.4, -0.2) is 38.6 Å². The zero-order valence-corrected chi connectivity index (χ0v) is 14.5. The molecule has 0 saturated heterocycles. The normalized spacial score (nSPS) is 10.6. The first kappa shape index (κ1) is 16.7. The molecule has 0 aliphatic carbocycles. The Bertz CT molecular complexity index is 904. The molecule has 2 heterocycles. The Morgan fingerprint density at radius 3 is 2.12 bits per heavy atom. The summed E-state index contributed by atoms with van der Waals surface area (Å²) in [6, 6.07) is 8.75. The van der Waals surface area contributed by atoms with E-state index in [0.717, 1.165) is 11.3 Å².